The number of nitrogens with zero attached hydrogens (tertiary/aromatic N) is 1. The first-order valence-electron chi connectivity index (χ1n) is 9.37. The van der Waals surface area contributed by atoms with Crippen LogP contribution >= 0.6 is 0 Å². The lowest BCUT2D eigenvalue weighted by Gasteiger charge is -2.34. The van der Waals surface area contributed by atoms with Gasteiger partial charge < -0.3 is 14.4 Å². The molecule has 3 rings (SSSR count). The van der Waals surface area contributed by atoms with Crippen molar-refractivity contribution in [3.05, 3.63) is 54.6 Å². The molecule has 0 N–H and O–H groups in total. The number of ether oxygens (including phenoxy) is 2. The van der Waals surface area contributed by atoms with Gasteiger partial charge in [-0.1, -0.05) is 32.0 Å². The summed E-state index contributed by atoms with van der Waals surface area (Å²) in [5, 5.41) is 0. The van der Waals surface area contributed by atoms with Gasteiger partial charge in [0.15, 0.2) is 0 Å². The van der Waals surface area contributed by atoms with E-state index >= 15 is 0 Å². The Kier molecular flexibility index (Phi) is 6.35. The summed E-state index contributed by atoms with van der Waals surface area (Å²) in [5.74, 6) is 4.22. The summed E-state index contributed by atoms with van der Waals surface area (Å²) in [4.78, 5) is 2.58. The maximum atomic E-state index is 5.87. The zero-order valence-corrected chi connectivity index (χ0v) is 15.4. The van der Waals surface area contributed by atoms with Crippen molar-refractivity contribution < 1.29 is 9.47 Å². The molecule has 0 aromatic heterocycles. The summed E-state index contributed by atoms with van der Waals surface area (Å²) in [7, 11) is 0. The Labute approximate surface area is 151 Å². The highest BCUT2D eigenvalue weighted by Crippen LogP contribution is 2.24. The predicted octanol–water partition coefficient (Wildman–Crippen LogP) is 5.23. The third-order valence-electron chi connectivity index (χ3n) is 4.63. The Morgan fingerprint density at radius 1 is 0.840 bits per heavy atom. The van der Waals surface area contributed by atoms with Gasteiger partial charge in [0, 0.05) is 19.6 Å². The van der Waals surface area contributed by atoms with Gasteiger partial charge in [-0.25, -0.2) is 0 Å². The molecule has 0 saturated carbocycles. The number of hydrogen-bond donors (Lipinski definition) is 0. The molecule has 1 fully saturated rings. The zero-order valence-electron chi connectivity index (χ0n) is 15.4. The van der Waals surface area contributed by atoms with Gasteiger partial charge in [-0.3, -0.25) is 0 Å². The molecule has 3 heteroatoms. The smallest absolute Gasteiger partial charge is 0.127 e. The van der Waals surface area contributed by atoms with E-state index in [1.165, 1.54) is 19.5 Å². The van der Waals surface area contributed by atoms with Crippen LogP contribution in [-0.4, -0.2) is 31.1 Å². The van der Waals surface area contributed by atoms with Crippen LogP contribution in [0.4, 0.5) is 0 Å². The second-order valence-electron chi connectivity index (χ2n) is 7.29. The quantitative estimate of drug-likeness (QED) is 0.645. The molecule has 0 spiro atoms. The lowest BCUT2D eigenvalue weighted by atomic mass is 9.92. The van der Waals surface area contributed by atoms with Gasteiger partial charge in [0.2, 0.25) is 0 Å². The highest BCUT2D eigenvalue weighted by molar-refractivity contribution is 5.35. The molecule has 3 nitrogen and oxygen atoms in total. The SMILES string of the molecule is CC1C[C@@H](C)CN(CCCOc2ccc(Oc3ccccc3)cc2)C1. The summed E-state index contributed by atoms with van der Waals surface area (Å²) in [6, 6.07) is 17.7. The van der Waals surface area contributed by atoms with Gasteiger partial charge in [-0.2, -0.15) is 0 Å². The summed E-state index contributed by atoms with van der Waals surface area (Å²) in [6.07, 6.45) is 2.44. The highest BCUT2D eigenvalue weighted by Gasteiger charge is 2.20. The van der Waals surface area contributed by atoms with E-state index < -0.39 is 0 Å². The second-order valence-corrected chi connectivity index (χ2v) is 7.29. The third-order valence-corrected chi connectivity index (χ3v) is 4.63. The monoisotopic (exact) mass is 339 g/mol. The van der Waals surface area contributed by atoms with E-state index in [2.05, 4.69) is 18.7 Å². The van der Waals surface area contributed by atoms with E-state index in [0.29, 0.717) is 0 Å². The van der Waals surface area contributed by atoms with Crippen LogP contribution in [0.25, 0.3) is 0 Å². The zero-order chi connectivity index (χ0) is 17.5. The van der Waals surface area contributed by atoms with Crippen molar-refractivity contribution in [3.8, 4) is 17.2 Å². The highest BCUT2D eigenvalue weighted by atomic mass is 16.5. The minimum absolute atomic E-state index is 0.762. The Balaban J connectivity index is 1.38. The number of hydrogen-bond acceptors (Lipinski definition) is 3. The molecule has 0 amide bonds. The van der Waals surface area contributed by atoms with Crippen LogP contribution in [0.1, 0.15) is 26.7 Å². The molecule has 1 unspecified atom stereocenters. The minimum atomic E-state index is 0.762. The standard InChI is InChI=1S/C22H29NO2/c1-18-15-19(2)17-23(16-18)13-6-14-24-20-9-11-22(12-10-20)25-21-7-4-3-5-8-21/h3-5,7-12,18-19H,6,13-17H2,1-2H3/t18-,19?/m1/s1. The average Bonchev–Trinajstić information content (AvgIpc) is 2.60. The van der Waals surface area contributed by atoms with Crippen molar-refractivity contribution in [1.29, 1.82) is 0 Å². The topological polar surface area (TPSA) is 21.7 Å². The fourth-order valence-electron chi connectivity index (χ4n) is 3.68. The first kappa shape index (κ1) is 17.8. The number of piperidine rings is 1. The van der Waals surface area contributed by atoms with Gasteiger partial charge in [-0.15, -0.1) is 0 Å². The molecule has 25 heavy (non-hydrogen) atoms. The van der Waals surface area contributed by atoms with E-state index in [4.69, 9.17) is 9.47 Å². The molecule has 0 bridgehead atoms. The van der Waals surface area contributed by atoms with Crippen LogP contribution < -0.4 is 9.47 Å². The summed E-state index contributed by atoms with van der Waals surface area (Å²) in [5.41, 5.74) is 0. The maximum Gasteiger partial charge on any atom is 0.127 e. The van der Waals surface area contributed by atoms with Crippen LogP contribution in [0.2, 0.25) is 0 Å². The van der Waals surface area contributed by atoms with Crippen molar-refractivity contribution in [2.45, 2.75) is 26.7 Å². The Morgan fingerprint density at radius 3 is 2.12 bits per heavy atom. The van der Waals surface area contributed by atoms with Crippen molar-refractivity contribution in [1.82, 2.24) is 4.90 Å². The molecule has 134 valence electrons. The molecular weight excluding hydrogens is 310 g/mol. The van der Waals surface area contributed by atoms with Gasteiger partial charge >= 0.3 is 0 Å². The van der Waals surface area contributed by atoms with E-state index in [9.17, 15) is 0 Å². The molecule has 1 heterocycles. The molecule has 1 aliphatic heterocycles. The van der Waals surface area contributed by atoms with Crippen molar-refractivity contribution in [2.24, 2.45) is 11.8 Å². The van der Waals surface area contributed by atoms with Gasteiger partial charge in [0.25, 0.3) is 0 Å². The molecular formula is C22H29NO2. The van der Waals surface area contributed by atoms with Crippen LogP contribution in [0.15, 0.2) is 54.6 Å². The number of benzene rings is 2. The molecule has 1 saturated heterocycles. The van der Waals surface area contributed by atoms with Gasteiger partial charge in [-0.05, 0) is 61.1 Å². The Bertz CT molecular complexity index is 616. The lowest BCUT2D eigenvalue weighted by Crippen LogP contribution is -2.39. The van der Waals surface area contributed by atoms with Crippen molar-refractivity contribution >= 4 is 0 Å². The number of para-hydroxylation sites is 1. The molecule has 1 aliphatic rings. The van der Waals surface area contributed by atoms with Crippen molar-refractivity contribution in [2.75, 3.05) is 26.2 Å². The van der Waals surface area contributed by atoms with E-state index in [0.717, 1.165) is 48.7 Å². The fraction of sp³-hybridized carbons (Fsp3) is 0.455. The van der Waals surface area contributed by atoms with Gasteiger partial charge in [0.1, 0.15) is 17.2 Å². The lowest BCUT2D eigenvalue weighted by molar-refractivity contribution is 0.132. The summed E-state index contributed by atoms with van der Waals surface area (Å²) < 4.78 is 11.7. The van der Waals surface area contributed by atoms with Crippen LogP contribution in [0.5, 0.6) is 17.2 Å². The van der Waals surface area contributed by atoms with E-state index in [1.54, 1.807) is 0 Å². The molecule has 0 aliphatic carbocycles. The van der Waals surface area contributed by atoms with Crippen LogP contribution in [0, 0.1) is 11.8 Å². The number of likely N-dealkylation sites (tertiary alicyclic amines) is 1. The average molecular weight is 339 g/mol. The molecule has 2 aromatic rings. The van der Waals surface area contributed by atoms with Crippen LogP contribution in [0.3, 0.4) is 0 Å². The van der Waals surface area contributed by atoms with E-state index in [1.807, 2.05) is 54.6 Å². The summed E-state index contributed by atoms with van der Waals surface area (Å²) >= 11 is 0. The molecule has 2 aromatic carbocycles. The molecule has 0 radical (unpaired) electrons. The predicted molar refractivity (Wildman–Crippen MR) is 102 cm³/mol. The van der Waals surface area contributed by atoms with Crippen LogP contribution in [-0.2, 0) is 0 Å². The molecule has 2 atom stereocenters. The normalized spacial score (nSPS) is 21.0. The maximum absolute atomic E-state index is 5.87. The second kappa shape index (κ2) is 8.91. The first-order valence-corrected chi connectivity index (χ1v) is 9.37. The number of rotatable bonds is 7. The Morgan fingerprint density at radius 2 is 1.44 bits per heavy atom. The minimum Gasteiger partial charge on any atom is -0.494 e. The fourth-order valence-corrected chi connectivity index (χ4v) is 3.68. The van der Waals surface area contributed by atoms with E-state index in [-0.39, 0.29) is 0 Å². The third kappa shape index (κ3) is 5.79. The van der Waals surface area contributed by atoms with Crippen molar-refractivity contribution in [3.63, 3.8) is 0 Å². The first-order chi connectivity index (χ1) is 12.2. The van der Waals surface area contributed by atoms with Gasteiger partial charge in [0.05, 0.1) is 6.61 Å². The Hall–Kier alpha value is -2.00. The summed E-state index contributed by atoms with van der Waals surface area (Å²) in [6.45, 7) is 9.07. The largest absolute Gasteiger partial charge is 0.494 e.